The third kappa shape index (κ3) is 3.90. The number of thiazole rings is 1. The van der Waals surface area contributed by atoms with Crippen LogP contribution < -0.4 is 0 Å². The molecule has 0 radical (unpaired) electrons. The maximum absolute atomic E-state index is 6.27. The molecule has 0 N–H and O–H groups in total. The van der Waals surface area contributed by atoms with Gasteiger partial charge in [-0.2, -0.15) is 4.68 Å². The van der Waals surface area contributed by atoms with E-state index >= 15 is 0 Å². The lowest BCUT2D eigenvalue weighted by Crippen LogP contribution is -2.02. The molecule has 8 heteroatoms. The summed E-state index contributed by atoms with van der Waals surface area (Å²) < 4.78 is 1.78. The number of halogens is 1. The van der Waals surface area contributed by atoms with Crippen LogP contribution in [0.5, 0.6) is 0 Å². The Kier molecular flexibility index (Phi) is 5.24. The molecule has 0 aliphatic rings. The summed E-state index contributed by atoms with van der Waals surface area (Å²) in [7, 11) is 0. The highest BCUT2D eigenvalue weighted by molar-refractivity contribution is 7.98. The van der Waals surface area contributed by atoms with E-state index in [0.29, 0.717) is 10.8 Å². The number of rotatable bonds is 5. The van der Waals surface area contributed by atoms with E-state index in [1.807, 2.05) is 30.3 Å². The predicted octanol–water partition coefficient (Wildman–Crippen LogP) is 5.35. The fourth-order valence-electron chi connectivity index (χ4n) is 2.73. The number of hydrogen-bond acceptors (Lipinski definition) is 6. The fraction of sp³-hybridized carbons (Fsp3) is 0.158. The zero-order valence-electron chi connectivity index (χ0n) is 14.8. The van der Waals surface area contributed by atoms with Gasteiger partial charge in [-0.25, -0.2) is 4.98 Å². The Labute approximate surface area is 170 Å². The van der Waals surface area contributed by atoms with Crippen LogP contribution >= 0.6 is 34.7 Å². The van der Waals surface area contributed by atoms with Crippen LogP contribution in [0.4, 0.5) is 0 Å². The van der Waals surface area contributed by atoms with E-state index in [-0.39, 0.29) is 0 Å². The van der Waals surface area contributed by atoms with Crippen molar-refractivity contribution in [2.45, 2.75) is 24.8 Å². The Morgan fingerprint density at radius 2 is 2.00 bits per heavy atom. The van der Waals surface area contributed by atoms with E-state index < -0.39 is 0 Å². The topological polar surface area (TPSA) is 56.5 Å². The summed E-state index contributed by atoms with van der Waals surface area (Å²) in [5.74, 6) is 0.687. The van der Waals surface area contributed by atoms with Crippen molar-refractivity contribution in [3.63, 3.8) is 0 Å². The van der Waals surface area contributed by atoms with Crippen LogP contribution in [0, 0.1) is 13.8 Å². The molecule has 0 aliphatic heterocycles. The van der Waals surface area contributed by atoms with Crippen LogP contribution in [0.25, 0.3) is 16.3 Å². The Morgan fingerprint density at radius 1 is 1.15 bits per heavy atom. The first-order valence-corrected chi connectivity index (χ1v) is 10.5. The van der Waals surface area contributed by atoms with E-state index in [1.54, 1.807) is 27.8 Å². The van der Waals surface area contributed by atoms with E-state index in [4.69, 9.17) is 16.6 Å². The summed E-state index contributed by atoms with van der Waals surface area (Å²) in [5.41, 5.74) is 5.28. The third-order valence-electron chi connectivity index (χ3n) is 4.03. The first-order valence-electron chi connectivity index (χ1n) is 8.30. The van der Waals surface area contributed by atoms with Crippen LogP contribution in [0.2, 0.25) is 5.02 Å². The second-order valence-electron chi connectivity index (χ2n) is 6.08. The number of aromatic nitrogens is 5. The fourth-order valence-corrected chi connectivity index (χ4v) is 4.75. The Hall–Kier alpha value is -2.22. The Bertz CT molecular complexity index is 1090. The normalized spacial score (nSPS) is 11.1. The molecule has 5 nitrogen and oxygen atoms in total. The van der Waals surface area contributed by atoms with Crippen LogP contribution in [0.15, 0.2) is 53.0 Å². The van der Waals surface area contributed by atoms with E-state index in [1.165, 1.54) is 5.56 Å². The van der Waals surface area contributed by atoms with Gasteiger partial charge in [0.25, 0.3) is 0 Å². The molecule has 0 unspecified atom stereocenters. The van der Waals surface area contributed by atoms with Crippen LogP contribution in [-0.4, -0.2) is 25.2 Å². The molecule has 2 aromatic carbocycles. The number of hydrogen-bond donors (Lipinski definition) is 0. The SMILES string of the molecule is Cc1ccc(-n2nnnc2SCc2csc(-c3ccccc3Cl)n2)c(C)c1. The molecule has 0 spiro atoms. The summed E-state index contributed by atoms with van der Waals surface area (Å²) in [4.78, 5) is 4.71. The second-order valence-corrected chi connectivity index (χ2v) is 8.28. The molecule has 4 aromatic rings. The van der Waals surface area contributed by atoms with Crippen LogP contribution in [-0.2, 0) is 5.75 Å². The first-order chi connectivity index (χ1) is 13.1. The van der Waals surface area contributed by atoms with Gasteiger partial charge >= 0.3 is 0 Å². The Balaban J connectivity index is 1.52. The average Bonchev–Trinajstić information content (AvgIpc) is 3.30. The van der Waals surface area contributed by atoms with Gasteiger partial charge in [-0.15, -0.1) is 16.4 Å². The van der Waals surface area contributed by atoms with E-state index in [2.05, 4.69) is 46.9 Å². The summed E-state index contributed by atoms with van der Waals surface area (Å²) in [6, 6.07) is 14.0. The van der Waals surface area contributed by atoms with Gasteiger partial charge < -0.3 is 0 Å². The summed E-state index contributed by atoms with van der Waals surface area (Å²) in [6.07, 6.45) is 0. The molecule has 4 rings (SSSR count). The standard InChI is InChI=1S/C19H16ClN5S2/c1-12-7-8-17(13(2)9-12)25-19(22-23-24-25)27-11-14-10-26-18(21-14)15-5-3-4-6-16(15)20/h3-10H,11H2,1-2H3. The molecule has 0 bridgehead atoms. The van der Waals surface area contributed by atoms with Crippen LogP contribution in [0.3, 0.4) is 0 Å². The van der Waals surface area contributed by atoms with E-state index in [9.17, 15) is 0 Å². The first kappa shape index (κ1) is 18.2. The number of tetrazole rings is 1. The van der Waals surface area contributed by atoms with Crippen molar-refractivity contribution in [3.05, 3.63) is 69.7 Å². The van der Waals surface area contributed by atoms with Crippen molar-refractivity contribution >= 4 is 34.7 Å². The molecule has 27 heavy (non-hydrogen) atoms. The number of thioether (sulfide) groups is 1. The molecular formula is C19H16ClN5S2. The van der Waals surface area contributed by atoms with Crippen molar-refractivity contribution < 1.29 is 0 Å². The zero-order chi connectivity index (χ0) is 18.8. The lowest BCUT2D eigenvalue weighted by molar-refractivity contribution is 0.751. The second kappa shape index (κ2) is 7.80. The monoisotopic (exact) mass is 413 g/mol. The van der Waals surface area contributed by atoms with Crippen molar-refractivity contribution in [1.82, 2.24) is 25.2 Å². The minimum atomic E-state index is 0.687. The highest BCUT2D eigenvalue weighted by atomic mass is 35.5. The minimum Gasteiger partial charge on any atom is -0.240 e. The van der Waals surface area contributed by atoms with Crippen molar-refractivity contribution in [2.24, 2.45) is 0 Å². The lowest BCUT2D eigenvalue weighted by Gasteiger charge is -2.07. The molecule has 2 heterocycles. The smallest absolute Gasteiger partial charge is 0.214 e. The molecule has 0 fully saturated rings. The van der Waals surface area contributed by atoms with Crippen molar-refractivity contribution in [1.29, 1.82) is 0 Å². The molecule has 2 aromatic heterocycles. The molecule has 0 saturated carbocycles. The highest BCUT2D eigenvalue weighted by Crippen LogP contribution is 2.32. The molecule has 0 atom stereocenters. The van der Waals surface area contributed by atoms with Crippen LogP contribution in [0.1, 0.15) is 16.8 Å². The minimum absolute atomic E-state index is 0.687. The van der Waals surface area contributed by atoms with Gasteiger partial charge in [0.2, 0.25) is 5.16 Å². The number of benzene rings is 2. The molecular weight excluding hydrogens is 398 g/mol. The quantitative estimate of drug-likeness (QED) is 0.413. The largest absolute Gasteiger partial charge is 0.240 e. The summed E-state index contributed by atoms with van der Waals surface area (Å²) >= 11 is 9.43. The average molecular weight is 414 g/mol. The third-order valence-corrected chi connectivity index (χ3v) is 6.23. The van der Waals surface area contributed by atoms with Crippen molar-refractivity contribution in [3.8, 4) is 16.3 Å². The zero-order valence-corrected chi connectivity index (χ0v) is 17.1. The molecule has 136 valence electrons. The summed E-state index contributed by atoms with van der Waals surface area (Å²) in [6.45, 7) is 4.14. The molecule has 0 saturated heterocycles. The Morgan fingerprint density at radius 3 is 2.81 bits per heavy atom. The maximum atomic E-state index is 6.27. The van der Waals surface area contributed by atoms with Gasteiger partial charge in [-0.1, -0.05) is 59.3 Å². The molecule has 0 aliphatic carbocycles. The van der Waals surface area contributed by atoms with Gasteiger partial charge in [0.15, 0.2) is 0 Å². The van der Waals surface area contributed by atoms with Gasteiger partial charge in [0.05, 0.1) is 16.4 Å². The van der Waals surface area contributed by atoms with Gasteiger partial charge in [-0.3, -0.25) is 0 Å². The predicted molar refractivity (Wildman–Crippen MR) is 111 cm³/mol. The maximum Gasteiger partial charge on any atom is 0.214 e. The summed E-state index contributed by atoms with van der Waals surface area (Å²) in [5, 5.41) is 16.6. The van der Waals surface area contributed by atoms with Crippen molar-refractivity contribution in [2.75, 3.05) is 0 Å². The van der Waals surface area contributed by atoms with Gasteiger partial charge in [-0.05, 0) is 42.0 Å². The highest BCUT2D eigenvalue weighted by Gasteiger charge is 2.13. The molecule has 0 amide bonds. The lowest BCUT2D eigenvalue weighted by atomic mass is 10.1. The van der Waals surface area contributed by atoms with E-state index in [0.717, 1.165) is 32.7 Å². The number of aryl methyl sites for hydroxylation is 2. The van der Waals surface area contributed by atoms with Gasteiger partial charge in [0, 0.05) is 16.7 Å². The number of nitrogens with zero attached hydrogens (tertiary/aromatic N) is 5. The van der Waals surface area contributed by atoms with Gasteiger partial charge in [0.1, 0.15) is 5.01 Å².